The number of aryl methyl sites for hydroxylation is 1. The molecule has 3 N–H and O–H groups in total. The monoisotopic (exact) mass is 530 g/mol. The number of aromatic nitrogens is 1. The molecule has 0 aliphatic carbocycles. The number of carbonyl (C=O) groups excluding carboxylic acids is 3. The lowest BCUT2D eigenvalue weighted by Crippen LogP contribution is -2.36. The number of piperidine rings is 1. The van der Waals surface area contributed by atoms with Gasteiger partial charge in [-0.25, -0.2) is 0 Å². The Morgan fingerprint density at radius 3 is 2.58 bits per heavy atom. The predicted octanol–water partition coefficient (Wildman–Crippen LogP) is 5.89. The topological polar surface area (TPSA) is 94.3 Å². The molecule has 1 aromatic heterocycles. The Kier molecular flexibility index (Phi) is 7.13. The Morgan fingerprint density at radius 1 is 1.08 bits per heavy atom. The second kappa shape index (κ2) is 10.5. The number of hydrogen-bond donors (Lipinski definition) is 3. The number of hydrogen-bond acceptors (Lipinski definition) is 3. The second-order valence-corrected chi connectivity index (χ2v) is 10.5. The molecule has 38 heavy (non-hydrogen) atoms. The molecular formula is C30H31ClN4O3. The molecule has 1 atom stereocenters. The Labute approximate surface area is 227 Å². The van der Waals surface area contributed by atoms with E-state index in [2.05, 4.69) is 15.6 Å². The fourth-order valence-corrected chi connectivity index (χ4v) is 5.45. The molecule has 0 unspecified atom stereocenters. The SMILES string of the molecule is Cc1[nH]c(/C=C2\C(=O)Nc3ccc(C(=O)N[C@H](C)c4cccc(Cl)c4)cc32)c(C)c1C(=O)N1CCCCC1. The van der Waals surface area contributed by atoms with Crippen LogP contribution in [0.4, 0.5) is 5.69 Å². The fourth-order valence-electron chi connectivity index (χ4n) is 5.25. The first-order valence-electron chi connectivity index (χ1n) is 12.9. The molecule has 8 heteroatoms. The smallest absolute Gasteiger partial charge is 0.256 e. The Hall–Kier alpha value is -3.84. The number of nitrogens with zero attached hydrogens (tertiary/aromatic N) is 1. The number of halogens is 1. The number of rotatable bonds is 5. The minimum absolute atomic E-state index is 0.0321. The maximum absolute atomic E-state index is 13.2. The van der Waals surface area contributed by atoms with Crippen molar-refractivity contribution in [3.63, 3.8) is 0 Å². The molecule has 7 nitrogen and oxygen atoms in total. The zero-order valence-corrected chi connectivity index (χ0v) is 22.5. The minimum Gasteiger partial charge on any atom is -0.358 e. The largest absolute Gasteiger partial charge is 0.358 e. The first-order valence-corrected chi connectivity index (χ1v) is 13.3. The minimum atomic E-state index is -0.250. The van der Waals surface area contributed by atoms with Crippen LogP contribution in [0.3, 0.4) is 0 Å². The van der Waals surface area contributed by atoms with Crippen molar-refractivity contribution in [2.75, 3.05) is 18.4 Å². The summed E-state index contributed by atoms with van der Waals surface area (Å²) in [6.07, 6.45) is 4.97. The van der Waals surface area contributed by atoms with E-state index in [0.717, 1.165) is 49.2 Å². The summed E-state index contributed by atoms with van der Waals surface area (Å²) in [5.41, 5.74) is 6.06. The molecule has 2 aliphatic rings. The van der Waals surface area contributed by atoms with Crippen molar-refractivity contribution in [1.82, 2.24) is 15.2 Å². The Balaban J connectivity index is 1.42. The second-order valence-electron chi connectivity index (χ2n) is 10.0. The number of anilines is 1. The molecule has 0 bridgehead atoms. The summed E-state index contributed by atoms with van der Waals surface area (Å²) < 4.78 is 0. The summed E-state index contributed by atoms with van der Waals surface area (Å²) in [6.45, 7) is 7.23. The number of benzene rings is 2. The highest BCUT2D eigenvalue weighted by atomic mass is 35.5. The first-order chi connectivity index (χ1) is 18.2. The van der Waals surface area contributed by atoms with E-state index >= 15 is 0 Å². The summed E-state index contributed by atoms with van der Waals surface area (Å²) in [4.78, 5) is 44.4. The van der Waals surface area contributed by atoms with Gasteiger partial charge in [-0.3, -0.25) is 14.4 Å². The molecule has 5 rings (SSSR count). The van der Waals surface area contributed by atoms with Crippen molar-refractivity contribution in [3.8, 4) is 0 Å². The van der Waals surface area contributed by atoms with Crippen LogP contribution in [-0.4, -0.2) is 40.7 Å². The van der Waals surface area contributed by atoms with E-state index in [-0.39, 0.29) is 23.8 Å². The third-order valence-electron chi connectivity index (χ3n) is 7.38. The molecule has 0 spiro atoms. The molecule has 1 fully saturated rings. The van der Waals surface area contributed by atoms with Gasteiger partial charge in [-0.15, -0.1) is 0 Å². The number of H-pyrrole nitrogens is 1. The third-order valence-corrected chi connectivity index (χ3v) is 7.62. The molecule has 2 aliphatic heterocycles. The van der Waals surface area contributed by atoms with Gasteiger partial charge in [-0.2, -0.15) is 0 Å². The number of carbonyl (C=O) groups is 3. The quantitative estimate of drug-likeness (QED) is 0.359. The van der Waals surface area contributed by atoms with Gasteiger partial charge in [0.2, 0.25) is 0 Å². The van der Waals surface area contributed by atoms with Gasteiger partial charge in [0.1, 0.15) is 0 Å². The lowest BCUT2D eigenvalue weighted by molar-refractivity contribution is -0.110. The maximum Gasteiger partial charge on any atom is 0.256 e. The van der Waals surface area contributed by atoms with Crippen LogP contribution in [0.2, 0.25) is 5.02 Å². The normalized spacial score (nSPS) is 16.8. The lowest BCUT2D eigenvalue weighted by atomic mass is 10.0. The lowest BCUT2D eigenvalue weighted by Gasteiger charge is -2.27. The van der Waals surface area contributed by atoms with E-state index in [0.29, 0.717) is 38.7 Å². The number of likely N-dealkylation sites (tertiary alicyclic amines) is 1. The van der Waals surface area contributed by atoms with Crippen molar-refractivity contribution >= 4 is 46.7 Å². The van der Waals surface area contributed by atoms with E-state index in [1.165, 1.54) is 0 Å². The average molecular weight is 531 g/mol. The number of aromatic amines is 1. The van der Waals surface area contributed by atoms with Crippen LogP contribution in [0.5, 0.6) is 0 Å². The predicted molar refractivity (Wildman–Crippen MR) is 150 cm³/mol. The number of nitrogens with one attached hydrogen (secondary N) is 3. The molecule has 3 aromatic rings. The molecule has 0 saturated carbocycles. The van der Waals surface area contributed by atoms with Crippen molar-refractivity contribution in [2.24, 2.45) is 0 Å². The van der Waals surface area contributed by atoms with Crippen molar-refractivity contribution in [3.05, 3.63) is 86.7 Å². The summed E-state index contributed by atoms with van der Waals surface area (Å²) in [6, 6.07) is 12.3. The fraction of sp³-hybridized carbons (Fsp3) is 0.300. The Morgan fingerprint density at radius 2 is 1.84 bits per heavy atom. The van der Waals surface area contributed by atoms with E-state index in [4.69, 9.17) is 11.6 Å². The van der Waals surface area contributed by atoms with Gasteiger partial charge in [0.05, 0.1) is 17.2 Å². The summed E-state index contributed by atoms with van der Waals surface area (Å²) in [7, 11) is 0. The molecule has 3 amide bonds. The molecular weight excluding hydrogens is 500 g/mol. The van der Waals surface area contributed by atoms with Gasteiger partial charge in [-0.1, -0.05) is 23.7 Å². The molecule has 2 aromatic carbocycles. The molecule has 0 radical (unpaired) electrons. The van der Waals surface area contributed by atoms with E-state index in [1.807, 2.05) is 43.9 Å². The van der Waals surface area contributed by atoms with Gasteiger partial charge in [0.15, 0.2) is 0 Å². The van der Waals surface area contributed by atoms with E-state index in [9.17, 15) is 14.4 Å². The molecule has 3 heterocycles. The van der Waals surface area contributed by atoms with Crippen LogP contribution in [0.15, 0.2) is 42.5 Å². The standard InChI is InChI=1S/C30H31ClN4O3/c1-17-26(32-19(3)27(17)30(38)35-12-5-4-6-13-35)16-24-23-15-21(10-11-25(23)34-29(24)37)28(36)33-18(2)20-8-7-9-22(31)14-20/h7-11,14-16,18,32H,4-6,12-13H2,1-3H3,(H,33,36)(H,34,37)/b24-16-/t18-/m1/s1. The molecule has 196 valence electrons. The third kappa shape index (κ3) is 4.98. The van der Waals surface area contributed by atoms with Crippen LogP contribution < -0.4 is 10.6 Å². The van der Waals surface area contributed by atoms with Crippen LogP contribution in [0.1, 0.15) is 81.0 Å². The Bertz CT molecular complexity index is 1470. The molecule has 1 saturated heterocycles. The zero-order valence-electron chi connectivity index (χ0n) is 21.8. The highest BCUT2D eigenvalue weighted by Gasteiger charge is 2.28. The van der Waals surface area contributed by atoms with Crippen molar-refractivity contribution < 1.29 is 14.4 Å². The summed E-state index contributed by atoms with van der Waals surface area (Å²) in [5, 5.41) is 6.49. The number of amides is 3. The van der Waals surface area contributed by atoms with Crippen LogP contribution in [-0.2, 0) is 4.79 Å². The van der Waals surface area contributed by atoms with Crippen LogP contribution in [0, 0.1) is 13.8 Å². The van der Waals surface area contributed by atoms with E-state index < -0.39 is 0 Å². The number of fused-ring (bicyclic) bond motifs is 1. The first kappa shape index (κ1) is 25.8. The van der Waals surface area contributed by atoms with Crippen molar-refractivity contribution in [1.29, 1.82) is 0 Å². The zero-order chi connectivity index (χ0) is 27.0. The van der Waals surface area contributed by atoms with Gasteiger partial charge < -0.3 is 20.5 Å². The van der Waals surface area contributed by atoms with Gasteiger partial charge in [0.25, 0.3) is 17.7 Å². The van der Waals surface area contributed by atoms with Gasteiger partial charge >= 0.3 is 0 Å². The highest BCUT2D eigenvalue weighted by molar-refractivity contribution is 6.35. The summed E-state index contributed by atoms with van der Waals surface area (Å²) >= 11 is 6.10. The van der Waals surface area contributed by atoms with Gasteiger partial charge in [0, 0.05) is 46.3 Å². The highest BCUT2D eigenvalue weighted by Crippen LogP contribution is 2.35. The maximum atomic E-state index is 13.2. The van der Waals surface area contributed by atoms with E-state index in [1.54, 1.807) is 30.3 Å². The summed E-state index contributed by atoms with van der Waals surface area (Å²) in [5.74, 6) is -0.467. The average Bonchev–Trinajstić information content (AvgIpc) is 3.37. The van der Waals surface area contributed by atoms with Crippen LogP contribution in [0.25, 0.3) is 11.6 Å². The van der Waals surface area contributed by atoms with Crippen molar-refractivity contribution in [2.45, 2.75) is 46.1 Å². The van der Waals surface area contributed by atoms with Crippen LogP contribution >= 0.6 is 11.6 Å². The van der Waals surface area contributed by atoms with Gasteiger partial charge in [-0.05, 0) is 87.6 Å².